The van der Waals surface area contributed by atoms with Crippen LogP contribution in [-0.4, -0.2) is 8.42 Å². The summed E-state index contributed by atoms with van der Waals surface area (Å²) in [6.45, 7) is 0. The van der Waals surface area contributed by atoms with Gasteiger partial charge < -0.3 is 5.73 Å². The molecule has 0 aliphatic carbocycles. The van der Waals surface area contributed by atoms with E-state index in [0.29, 0.717) is 0 Å². The Hall–Kier alpha value is -1.17. The molecule has 0 aliphatic heterocycles. The van der Waals surface area contributed by atoms with Crippen LogP contribution in [-0.2, 0) is 10.2 Å². The Morgan fingerprint density at radius 3 is 2.33 bits per heavy atom. The molecule has 0 heterocycles. The summed E-state index contributed by atoms with van der Waals surface area (Å²) in [6, 6.07) is 2.34. The maximum absolute atomic E-state index is 12.3. The fraction of sp³-hybridized carbons (Fsp3) is 0. The highest BCUT2D eigenvalue weighted by Crippen LogP contribution is 2.20. The molecule has 0 spiro atoms. The minimum atomic E-state index is -4.84. The van der Waals surface area contributed by atoms with Gasteiger partial charge in [-0.25, -0.2) is 4.39 Å². The Kier molecular flexibility index (Phi) is 2.01. The molecule has 0 aromatic heterocycles. The summed E-state index contributed by atoms with van der Waals surface area (Å²) in [7, 11) is -4.84. The van der Waals surface area contributed by atoms with Crippen molar-refractivity contribution in [2.75, 3.05) is 5.73 Å². The second-order valence-corrected chi connectivity index (χ2v) is 3.44. The highest BCUT2D eigenvalue weighted by atomic mass is 32.3. The largest absolute Gasteiger partial charge is 0.398 e. The van der Waals surface area contributed by atoms with Crippen molar-refractivity contribution in [2.45, 2.75) is 4.90 Å². The molecule has 0 saturated heterocycles. The van der Waals surface area contributed by atoms with E-state index in [4.69, 9.17) is 5.73 Å². The second kappa shape index (κ2) is 2.71. The summed E-state index contributed by atoms with van der Waals surface area (Å²) < 4.78 is 45.2. The summed E-state index contributed by atoms with van der Waals surface area (Å²) in [4.78, 5) is -0.705. The van der Waals surface area contributed by atoms with E-state index in [1.54, 1.807) is 0 Å². The quantitative estimate of drug-likeness (QED) is 0.536. The molecular weight excluding hydrogens is 188 g/mol. The molecule has 0 bridgehead atoms. The van der Waals surface area contributed by atoms with Gasteiger partial charge in [-0.15, -0.1) is 3.89 Å². The summed E-state index contributed by atoms with van der Waals surface area (Å²) >= 11 is 0. The smallest absolute Gasteiger partial charge is 0.334 e. The van der Waals surface area contributed by atoms with E-state index in [1.165, 1.54) is 0 Å². The number of rotatable bonds is 1. The van der Waals surface area contributed by atoms with Crippen molar-refractivity contribution in [3.8, 4) is 0 Å². The van der Waals surface area contributed by atoms with E-state index >= 15 is 0 Å². The molecule has 0 atom stereocenters. The van der Waals surface area contributed by atoms with Gasteiger partial charge in [-0.2, -0.15) is 8.42 Å². The van der Waals surface area contributed by atoms with Gasteiger partial charge in [0.25, 0.3) is 0 Å². The summed E-state index contributed by atoms with van der Waals surface area (Å²) in [5.41, 5.74) is 4.62. The first-order valence-corrected chi connectivity index (χ1v) is 4.29. The number of hydrogen-bond donors (Lipinski definition) is 1. The van der Waals surface area contributed by atoms with Gasteiger partial charge in [-0.1, -0.05) is 0 Å². The van der Waals surface area contributed by atoms with E-state index in [2.05, 4.69) is 0 Å². The Balaban J connectivity index is 3.39. The zero-order chi connectivity index (χ0) is 9.35. The Morgan fingerprint density at radius 1 is 1.33 bits per heavy atom. The molecule has 12 heavy (non-hydrogen) atoms. The molecule has 0 fully saturated rings. The van der Waals surface area contributed by atoms with Gasteiger partial charge in [0.1, 0.15) is 10.7 Å². The lowest BCUT2D eigenvalue weighted by molar-refractivity contribution is 0.552. The molecule has 1 aromatic carbocycles. The van der Waals surface area contributed by atoms with Crippen LogP contribution >= 0.6 is 0 Å². The number of nitrogen functional groups attached to an aromatic ring is 1. The molecule has 1 aromatic rings. The fourth-order valence-corrected chi connectivity index (χ4v) is 1.31. The third-order valence-corrected chi connectivity index (χ3v) is 2.13. The third-order valence-electron chi connectivity index (χ3n) is 1.23. The summed E-state index contributed by atoms with van der Waals surface area (Å²) in [6.07, 6.45) is 0. The van der Waals surface area contributed by atoms with Gasteiger partial charge in [0.15, 0.2) is 0 Å². The number of nitrogens with two attached hydrogens (primary N) is 1. The van der Waals surface area contributed by atoms with Crippen LogP contribution in [0.25, 0.3) is 0 Å². The van der Waals surface area contributed by atoms with Crippen molar-refractivity contribution >= 4 is 15.9 Å². The van der Waals surface area contributed by atoms with Crippen LogP contribution in [0.1, 0.15) is 0 Å². The molecule has 2 N–H and O–H groups in total. The molecule has 0 amide bonds. The normalized spacial score (nSPS) is 11.5. The van der Waals surface area contributed by atoms with Crippen molar-refractivity contribution in [2.24, 2.45) is 0 Å². The van der Waals surface area contributed by atoms with Crippen LogP contribution in [0.5, 0.6) is 0 Å². The maximum atomic E-state index is 12.3. The molecule has 0 unspecified atom stereocenters. The first kappa shape index (κ1) is 8.92. The monoisotopic (exact) mass is 193 g/mol. The highest BCUT2D eigenvalue weighted by Gasteiger charge is 2.15. The maximum Gasteiger partial charge on any atom is 0.334 e. The van der Waals surface area contributed by atoms with Gasteiger partial charge in [-0.05, 0) is 18.2 Å². The van der Waals surface area contributed by atoms with E-state index in [-0.39, 0.29) is 0 Å². The van der Waals surface area contributed by atoms with Crippen LogP contribution in [0.3, 0.4) is 0 Å². The van der Waals surface area contributed by atoms with Crippen molar-refractivity contribution in [1.82, 2.24) is 0 Å². The molecule has 0 saturated carbocycles. The number of halogens is 2. The highest BCUT2D eigenvalue weighted by molar-refractivity contribution is 7.86. The first-order chi connectivity index (χ1) is 5.41. The zero-order valence-electron chi connectivity index (χ0n) is 5.79. The average Bonchev–Trinajstić information content (AvgIpc) is 1.83. The van der Waals surface area contributed by atoms with Crippen LogP contribution in [0.2, 0.25) is 0 Å². The fourth-order valence-electron chi connectivity index (χ4n) is 0.741. The van der Waals surface area contributed by atoms with Crippen LogP contribution in [0, 0.1) is 5.82 Å². The van der Waals surface area contributed by atoms with Crippen molar-refractivity contribution in [1.29, 1.82) is 0 Å². The SMILES string of the molecule is Nc1cc(F)ccc1S(=O)(=O)F. The van der Waals surface area contributed by atoms with Crippen LogP contribution in [0.15, 0.2) is 23.1 Å². The number of hydrogen-bond acceptors (Lipinski definition) is 3. The minimum Gasteiger partial charge on any atom is -0.398 e. The van der Waals surface area contributed by atoms with Crippen LogP contribution < -0.4 is 5.73 Å². The Morgan fingerprint density at radius 2 is 1.92 bits per heavy atom. The topological polar surface area (TPSA) is 60.2 Å². The van der Waals surface area contributed by atoms with E-state index in [9.17, 15) is 16.7 Å². The van der Waals surface area contributed by atoms with Gasteiger partial charge in [0.05, 0.1) is 5.69 Å². The lowest BCUT2D eigenvalue weighted by Gasteiger charge is -1.98. The Bertz CT molecular complexity index is 402. The first-order valence-electron chi connectivity index (χ1n) is 2.91. The standard InChI is InChI=1S/C6H5F2NO2S/c7-4-1-2-6(5(9)3-4)12(8,10)11/h1-3H,9H2. The molecule has 66 valence electrons. The molecule has 3 nitrogen and oxygen atoms in total. The molecule has 6 heteroatoms. The van der Waals surface area contributed by atoms with Crippen molar-refractivity contribution in [3.63, 3.8) is 0 Å². The van der Waals surface area contributed by atoms with E-state index in [1.807, 2.05) is 0 Å². The lowest BCUT2D eigenvalue weighted by atomic mass is 10.3. The van der Waals surface area contributed by atoms with Gasteiger partial charge in [0, 0.05) is 0 Å². The predicted molar refractivity (Wildman–Crippen MR) is 39.1 cm³/mol. The van der Waals surface area contributed by atoms with Crippen molar-refractivity contribution in [3.05, 3.63) is 24.0 Å². The molecular formula is C6H5F2NO2S. The van der Waals surface area contributed by atoms with E-state index in [0.717, 1.165) is 18.2 Å². The molecule has 0 aliphatic rings. The van der Waals surface area contributed by atoms with Gasteiger partial charge >= 0.3 is 10.2 Å². The second-order valence-electron chi connectivity index (χ2n) is 2.12. The average molecular weight is 193 g/mol. The van der Waals surface area contributed by atoms with Crippen LogP contribution in [0.4, 0.5) is 14.0 Å². The van der Waals surface area contributed by atoms with Gasteiger partial charge in [-0.3, -0.25) is 0 Å². The number of benzene rings is 1. The third kappa shape index (κ3) is 1.70. The predicted octanol–water partition coefficient (Wildman–Crippen LogP) is 1.07. The Labute approximate surface area is 68.0 Å². The lowest BCUT2D eigenvalue weighted by Crippen LogP contribution is -1.99. The summed E-state index contributed by atoms with van der Waals surface area (Å²) in [5.74, 6) is -0.708. The number of anilines is 1. The summed E-state index contributed by atoms with van der Waals surface area (Å²) in [5, 5.41) is 0. The molecule has 0 radical (unpaired) electrons. The zero-order valence-corrected chi connectivity index (χ0v) is 6.61. The molecule has 1 rings (SSSR count). The van der Waals surface area contributed by atoms with Crippen molar-refractivity contribution < 1.29 is 16.7 Å². The minimum absolute atomic E-state index is 0.433. The van der Waals surface area contributed by atoms with Gasteiger partial charge in [0.2, 0.25) is 0 Å². The van der Waals surface area contributed by atoms with E-state index < -0.39 is 26.6 Å².